The Morgan fingerprint density at radius 1 is 1.22 bits per heavy atom. The summed E-state index contributed by atoms with van der Waals surface area (Å²) in [6.45, 7) is 0. The molecule has 0 fully saturated rings. The van der Waals surface area contributed by atoms with E-state index in [1.165, 1.54) is 0 Å². The van der Waals surface area contributed by atoms with Crippen LogP contribution in [0.2, 0.25) is 0 Å². The monoisotopic (exact) mass is 325 g/mol. The minimum absolute atomic E-state index is 0.0411. The molecule has 5 heteroatoms. The molecule has 0 unspecified atom stereocenters. The Labute approximate surface area is 139 Å². The number of nitrogens with zero attached hydrogens (tertiary/aromatic N) is 1. The first-order valence-electron chi connectivity index (χ1n) is 7.62. The molecular formula is C18H19N3OS. The second-order valence-corrected chi connectivity index (χ2v) is 6.21. The lowest BCUT2D eigenvalue weighted by atomic mass is 10.2. The SMILES string of the molecule is CSc1cccc(NC(=O)CCCc2nc3ccccc3[nH]2)c1. The lowest BCUT2D eigenvalue weighted by molar-refractivity contribution is -0.116. The van der Waals surface area contributed by atoms with Crippen molar-refractivity contribution in [1.82, 2.24) is 9.97 Å². The van der Waals surface area contributed by atoms with E-state index in [4.69, 9.17) is 0 Å². The number of hydrogen-bond donors (Lipinski definition) is 2. The van der Waals surface area contributed by atoms with Gasteiger partial charge in [0, 0.05) is 23.4 Å². The number of rotatable bonds is 6. The van der Waals surface area contributed by atoms with Gasteiger partial charge in [0.15, 0.2) is 0 Å². The van der Waals surface area contributed by atoms with Crippen LogP contribution in [-0.2, 0) is 11.2 Å². The highest BCUT2D eigenvalue weighted by Gasteiger charge is 2.06. The van der Waals surface area contributed by atoms with Gasteiger partial charge < -0.3 is 10.3 Å². The van der Waals surface area contributed by atoms with E-state index in [-0.39, 0.29) is 5.91 Å². The predicted molar refractivity (Wildman–Crippen MR) is 95.9 cm³/mol. The standard InChI is InChI=1S/C18H19N3OS/c1-23-14-7-4-6-13(12-14)19-18(22)11-5-10-17-20-15-8-2-3-9-16(15)21-17/h2-4,6-9,12H,5,10-11H2,1H3,(H,19,22)(H,20,21). The van der Waals surface area contributed by atoms with Crippen LogP contribution in [0.3, 0.4) is 0 Å². The van der Waals surface area contributed by atoms with Crippen molar-refractivity contribution in [2.75, 3.05) is 11.6 Å². The molecule has 0 saturated carbocycles. The van der Waals surface area contributed by atoms with E-state index in [0.29, 0.717) is 6.42 Å². The minimum atomic E-state index is 0.0411. The summed E-state index contributed by atoms with van der Waals surface area (Å²) in [5, 5.41) is 2.95. The third kappa shape index (κ3) is 4.13. The molecule has 0 aliphatic heterocycles. The molecule has 0 atom stereocenters. The van der Waals surface area contributed by atoms with Crippen molar-refractivity contribution in [1.29, 1.82) is 0 Å². The molecule has 1 heterocycles. The first kappa shape index (κ1) is 15.6. The zero-order valence-electron chi connectivity index (χ0n) is 13.0. The van der Waals surface area contributed by atoms with Crippen molar-refractivity contribution in [3.63, 3.8) is 0 Å². The Balaban J connectivity index is 1.50. The molecule has 1 amide bonds. The molecule has 23 heavy (non-hydrogen) atoms. The maximum atomic E-state index is 12.0. The predicted octanol–water partition coefficient (Wildman–Crippen LogP) is 4.25. The van der Waals surface area contributed by atoms with Gasteiger partial charge in [0.2, 0.25) is 5.91 Å². The molecule has 0 spiro atoms. The number of carbonyl (C=O) groups excluding carboxylic acids is 1. The average Bonchev–Trinajstić information content (AvgIpc) is 2.97. The molecule has 4 nitrogen and oxygen atoms in total. The van der Waals surface area contributed by atoms with Crippen molar-refractivity contribution >= 4 is 34.4 Å². The summed E-state index contributed by atoms with van der Waals surface area (Å²) in [5.74, 6) is 0.975. The van der Waals surface area contributed by atoms with Crippen molar-refractivity contribution in [2.24, 2.45) is 0 Å². The van der Waals surface area contributed by atoms with E-state index in [1.54, 1.807) is 11.8 Å². The zero-order valence-corrected chi connectivity index (χ0v) is 13.8. The van der Waals surface area contributed by atoms with Crippen LogP contribution in [0.25, 0.3) is 11.0 Å². The molecule has 3 rings (SSSR count). The van der Waals surface area contributed by atoms with E-state index in [1.807, 2.05) is 54.8 Å². The van der Waals surface area contributed by atoms with Crippen LogP contribution >= 0.6 is 11.8 Å². The number of fused-ring (bicyclic) bond motifs is 1. The number of carbonyl (C=O) groups is 1. The first-order chi connectivity index (χ1) is 11.2. The Hall–Kier alpha value is -2.27. The van der Waals surface area contributed by atoms with Gasteiger partial charge in [0.25, 0.3) is 0 Å². The van der Waals surface area contributed by atoms with E-state index in [0.717, 1.165) is 40.3 Å². The summed E-state index contributed by atoms with van der Waals surface area (Å²) in [4.78, 5) is 21.0. The molecule has 0 radical (unpaired) electrons. The number of aromatic nitrogens is 2. The van der Waals surface area contributed by atoms with Crippen LogP contribution in [-0.4, -0.2) is 22.1 Å². The second kappa shape index (κ2) is 7.33. The van der Waals surface area contributed by atoms with E-state index in [2.05, 4.69) is 15.3 Å². The molecule has 2 N–H and O–H groups in total. The van der Waals surface area contributed by atoms with E-state index < -0.39 is 0 Å². The number of amides is 1. The van der Waals surface area contributed by atoms with Crippen molar-refractivity contribution < 1.29 is 4.79 Å². The molecule has 118 valence electrons. The largest absolute Gasteiger partial charge is 0.342 e. The lowest BCUT2D eigenvalue weighted by Crippen LogP contribution is -2.11. The normalized spacial score (nSPS) is 10.8. The van der Waals surface area contributed by atoms with E-state index >= 15 is 0 Å². The molecule has 0 bridgehead atoms. The zero-order chi connectivity index (χ0) is 16.1. The minimum Gasteiger partial charge on any atom is -0.342 e. The summed E-state index contributed by atoms with van der Waals surface area (Å²) < 4.78 is 0. The van der Waals surface area contributed by atoms with Crippen LogP contribution in [0.4, 0.5) is 5.69 Å². The van der Waals surface area contributed by atoms with Gasteiger partial charge in [-0.05, 0) is 43.0 Å². The van der Waals surface area contributed by atoms with Gasteiger partial charge >= 0.3 is 0 Å². The Morgan fingerprint density at radius 3 is 2.91 bits per heavy atom. The Kier molecular flexibility index (Phi) is 4.98. The maximum Gasteiger partial charge on any atom is 0.224 e. The smallest absolute Gasteiger partial charge is 0.224 e. The maximum absolute atomic E-state index is 12.0. The summed E-state index contributed by atoms with van der Waals surface area (Å²) in [6, 6.07) is 15.8. The van der Waals surface area contributed by atoms with Crippen molar-refractivity contribution in [2.45, 2.75) is 24.2 Å². The van der Waals surface area contributed by atoms with Crippen LogP contribution in [0.1, 0.15) is 18.7 Å². The van der Waals surface area contributed by atoms with Crippen molar-refractivity contribution in [3.8, 4) is 0 Å². The van der Waals surface area contributed by atoms with Crippen LogP contribution in [0.15, 0.2) is 53.4 Å². The van der Waals surface area contributed by atoms with E-state index in [9.17, 15) is 4.79 Å². The Bertz CT molecular complexity index is 780. The third-order valence-electron chi connectivity index (χ3n) is 3.61. The fraction of sp³-hybridized carbons (Fsp3) is 0.222. The molecule has 0 aliphatic carbocycles. The summed E-state index contributed by atoms with van der Waals surface area (Å²) in [6.07, 6.45) is 4.05. The highest BCUT2D eigenvalue weighted by atomic mass is 32.2. The lowest BCUT2D eigenvalue weighted by Gasteiger charge is -2.06. The number of nitrogens with one attached hydrogen (secondary N) is 2. The number of benzene rings is 2. The number of aryl methyl sites for hydroxylation is 1. The van der Waals surface area contributed by atoms with Gasteiger partial charge in [-0.25, -0.2) is 4.98 Å². The first-order valence-corrected chi connectivity index (χ1v) is 8.84. The highest BCUT2D eigenvalue weighted by molar-refractivity contribution is 7.98. The molecule has 3 aromatic rings. The summed E-state index contributed by atoms with van der Waals surface area (Å²) >= 11 is 1.66. The number of aromatic amines is 1. The van der Waals surface area contributed by atoms with Crippen LogP contribution < -0.4 is 5.32 Å². The molecule has 0 saturated heterocycles. The van der Waals surface area contributed by atoms with Gasteiger partial charge in [0.05, 0.1) is 11.0 Å². The fourth-order valence-corrected chi connectivity index (χ4v) is 2.92. The average molecular weight is 325 g/mol. The van der Waals surface area contributed by atoms with Gasteiger partial charge in [-0.15, -0.1) is 11.8 Å². The number of anilines is 1. The highest BCUT2D eigenvalue weighted by Crippen LogP contribution is 2.19. The van der Waals surface area contributed by atoms with Gasteiger partial charge in [-0.2, -0.15) is 0 Å². The fourth-order valence-electron chi connectivity index (χ4n) is 2.46. The number of thioether (sulfide) groups is 1. The second-order valence-electron chi connectivity index (χ2n) is 5.33. The van der Waals surface area contributed by atoms with Gasteiger partial charge in [0.1, 0.15) is 5.82 Å². The summed E-state index contributed by atoms with van der Waals surface area (Å²) in [7, 11) is 0. The van der Waals surface area contributed by atoms with Gasteiger partial charge in [-0.3, -0.25) is 4.79 Å². The number of H-pyrrole nitrogens is 1. The molecule has 1 aromatic heterocycles. The van der Waals surface area contributed by atoms with Crippen LogP contribution in [0.5, 0.6) is 0 Å². The van der Waals surface area contributed by atoms with Gasteiger partial charge in [-0.1, -0.05) is 18.2 Å². The van der Waals surface area contributed by atoms with Crippen molar-refractivity contribution in [3.05, 3.63) is 54.4 Å². The molecule has 2 aromatic carbocycles. The summed E-state index contributed by atoms with van der Waals surface area (Å²) in [5.41, 5.74) is 2.87. The number of para-hydroxylation sites is 2. The third-order valence-corrected chi connectivity index (χ3v) is 4.33. The quantitative estimate of drug-likeness (QED) is 0.666. The molecular weight excluding hydrogens is 306 g/mol. The topological polar surface area (TPSA) is 57.8 Å². The molecule has 0 aliphatic rings. The Morgan fingerprint density at radius 2 is 2.09 bits per heavy atom. The number of hydrogen-bond acceptors (Lipinski definition) is 3. The van der Waals surface area contributed by atoms with Crippen LogP contribution in [0, 0.1) is 0 Å². The number of imidazole rings is 1.